The molecule has 0 fully saturated rings. The molecule has 0 aliphatic rings. The summed E-state index contributed by atoms with van der Waals surface area (Å²) in [6, 6.07) is 5.20. The van der Waals surface area contributed by atoms with E-state index >= 15 is 0 Å². The second kappa shape index (κ2) is 4.28. The van der Waals surface area contributed by atoms with Gasteiger partial charge in [-0.25, -0.2) is 0 Å². The zero-order chi connectivity index (χ0) is 11.7. The van der Waals surface area contributed by atoms with Gasteiger partial charge in [0.2, 0.25) is 0 Å². The van der Waals surface area contributed by atoms with Crippen LogP contribution in [0, 0.1) is 6.92 Å². The minimum absolute atomic E-state index is 0.0357. The average molecular weight is 238 g/mol. The Hall–Kier alpha value is -1.32. The first-order chi connectivity index (χ1) is 7.61. The van der Waals surface area contributed by atoms with E-state index in [9.17, 15) is 4.79 Å². The Balaban J connectivity index is 2.77. The lowest BCUT2D eigenvalue weighted by molar-refractivity contribution is 0.181. The second-order valence-corrected chi connectivity index (χ2v) is 4.17. The largest absolute Gasteiger partial charge is 0.378 e. The molecule has 0 aliphatic carbocycles. The van der Waals surface area contributed by atoms with E-state index in [1.807, 2.05) is 19.1 Å². The molecule has 4 heteroatoms. The van der Waals surface area contributed by atoms with Crippen molar-refractivity contribution in [1.82, 2.24) is 4.98 Å². The van der Waals surface area contributed by atoms with Crippen molar-refractivity contribution in [2.24, 2.45) is 0 Å². The van der Waals surface area contributed by atoms with E-state index in [4.69, 9.17) is 16.3 Å². The molecule has 0 saturated heterocycles. The van der Waals surface area contributed by atoms with Crippen LogP contribution in [0.1, 0.15) is 11.3 Å². The minimum atomic E-state index is -0.0357. The number of aryl methyl sites for hydroxylation is 1. The van der Waals surface area contributed by atoms with Crippen molar-refractivity contribution in [3.8, 4) is 0 Å². The van der Waals surface area contributed by atoms with Crippen LogP contribution in [-0.2, 0) is 11.3 Å². The van der Waals surface area contributed by atoms with Gasteiger partial charge in [0.1, 0.15) is 0 Å². The summed E-state index contributed by atoms with van der Waals surface area (Å²) in [7, 11) is 1.58. The number of benzene rings is 1. The molecule has 0 aliphatic heterocycles. The first-order valence-electron chi connectivity index (χ1n) is 4.93. The topological polar surface area (TPSA) is 42.1 Å². The maximum absolute atomic E-state index is 11.8. The number of hydrogen-bond acceptors (Lipinski definition) is 2. The first-order valence-corrected chi connectivity index (χ1v) is 5.30. The van der Waals surface area contributed by atoms with E-state index in [-0.39, 0.29) is 5.43 Å². The molecule has 1 aromatic carbocycles. The van der Waals surface area contributed by atoms with Crippen molar-refractivity contribution < 1.29 is 4.74 Å². The summed E-state index contributed by atoms with van der Waals surface area (Å²) in [6.07, 6.45) is 0. The van der Waals surface area contributed by atoms with Gasteiger partial charge < -0.3 is 9.72 Å². The molecule has 2 aromatic rings. The second-order valence-electron chi connectivity index (χ2n) is 3.76. The van der Waals surface area contributed by atoms with Crippen LogP contribution >= 0.6 is 11.6 Å². The van der Waals surface area contributed by atoms with Crippen molar-refractivity contribution >= 4 is 22.5 Å². The van der Waals surface area contributed by atoms with Gasteiger partial charge in [0.05, 0.1) is 17.1 Å². The van der Waals surface area contributed by atoms with Crippen LogP contribution in [0.4, 0.5) is 0 Å². The van der Waals surface area contributed by atoms with E-state index in [0.717, 1.165) is 11.3 Å². The first kappa shape index (κ1) is 11.2. The number of nitrogens with one attached hydrogen (secondary N) is 1. The third-order valence-corrected chi connectivity index (χ3v) is 2.69. The van der Waals surface area contributed by atoms with Gasteiger partial charge in [0.15, 0.2) is 5.43 Å². The van der Waals surface area contributed by atoms with Gasteiger partial charge in [-0.2, -0.15) is 0 Å². The van der Waals surface area contributed by atoms with E-state index in [1.54, 1.807) is 13.2 Å². The molecule has 1 aromatic heterocycles. The highest BCUT2D eigenvalue weighted by atomic mass is 35.5. The van der Waals surface area contributed by atoms with E-state index in [1.165, 1.54) is 0 Å². The van der Waals surface area contributed by atoms with Gasteiger partial charge in [0, 0.05) is 24.3 Å². The third-order valence-electron chi connectivity index (χ3n) is 2.39. The van der Waals surface area contributed by atoms with Gasteiger partial charge in [-0.3, -0.25) is 4.79 Å². The molecular formula is C12H12ClNO2. The van der Waals surface area contributed by atoms with Gasteiger partial charge >= 0.3 is 0 Å². The standard InChI is InChI=1S/C12H12ClNO2/c1-7-3-9-11(15)5-8(6-16-2)14-12(9)10(13)4-7/h3-5H,6H2,1-2H3,(H,14,15). The van der Waals surface area contributed by atoms with Crippen LogP contribution < -0.4 is 5.43 Å². The molecule has 0 spiro atoms. The number of rotatable bonds is 2. The van der Waals surface area contributed by atoms with Crippen molar-refractivity contribution in [3.05, 3.63) is 44.7 Å². The van der Waals surface area contributed by atoms with Crippen LogP contribution in [0.3, 0.4) is 0 Å². The van der Waals surface area contributed by atoms with Crippen molar-refractivity contribution in [1.29, 1.82) is 0 Å². The maximum Gasteiger partial charge on any atom is 0.189 e. The molecule has 2 rings (SSSR count). The monoisotopic (exact) mass is 237 g/mol. The van der Waals surface area contributed by atoms with Crippen LogP contribution in [0.15, 0.2) is 23.0 Å². The maximum atomic E-state index is 11.8. The lowest BCUT2D eigenvalue weighted by Crippen LogP contribution is -2.06. The molecule has 0 bridgehead atoms. The number of pyridine rings is 1. The van der Waals surface area contributed by atoms with Crippen LogP contribution in [0.25, 0.3) is 10.9 Å². The van der Waals surface area contributed by atoms with Gasteiger partial charge in [0.25, 0.3) is 0 Å². The van der Waals surface area contributed by atoms with Crippen LogP contribution in [0.2, 0.25) is 5.02 Å². The Bertz CT molecular complexity index is 589. The number of halogens is 1. The Morgan fingerprint density at radius 2 is 2.12 bits per heavy atom. The summed E-state index contributed by atoms with van der Waals surface area (Å²) < 4.78 is 4.98. The summed E-state index contributed by atoms with van der Waals surface area (Å²) in [5, 5.41) is 1.18. The highest BCUT2D eigenvalue weighted by molar-refractivity contribution is 6.35. The summed E-state index contributed by atoms with van der Waals surface area (Å²) in [4.78, 5) is 15.0. The minimum Gasteiger partial charge on any atom is -0.378 e. The summed E-state index contributed by atoms with van der Waals surface area (Å²) in [5.74, 6) is 0. The predicted molar refractivity (Wildman–Crippen MR) is 65.0 cm³/mol. The molecule has 0 unspecified atom stereocenters. The summed E-state index contributed by atoms with van der Waals surface area (Å²) >= 11 is 6.10. The number of aromatic nitrogens is 1. The Morgan fingerprint density at radius 3 is 2.81 bits per heavy atom. The summed E-state index contributed by atoms with van der Waals surface area (Å²) in [6.45, 7) is 2.28. The molecule has 0 saturated carbocycles. The third kappa shape index (κ3) is 1.96. The molecule has 1 N–H and O–H groups in total. The SMILES string of the molecule is COCc1cc(=O)c2cc(C)cc(Cl)c2[nH]1. The Kier molecular flexibility index (Phi) is 2.99. The van der Waals surface area contributed by atoms with Gasteiger partial charge in [-0.15, -0.1) is 0 Å². The Morgan fingerprint density at radius 1 is 1.38 bits per heavy atom. The van der Waals surface area contributed by atoms with Gasteiger partial charge in [-0.05, 0) is 24.6 Å². The zero-order valence-corrected chi connectivity index (χ0v) is 9.89. The molecule has 0 amide bonds. The number of ether oxygens (including phenoxy) is 1. The molecule has 16 heavy (non-hydrogen) atoms. The molecule has 0 radical (unpaired) electrons. The molecular weight excluding hydrogens is 226 g/mol. The zero-order valence-electron chi connectivity index (χ0n) is 9.13. The number of methoxy groups -OCH3 is 1. The van der Waals surface area contributed by atoms with E-state index < -0.39 is 0 Å². The van der Waals surface area contributed by atoms with Gasteiger partial charge in [-0.1, -0.05) is 11.6 Å². The van der Waals surface area contributed by atoms with Crippen molar-refractivity contribution in [2.45, 2.75) is 13.5 Å². The fraction of sp³-hybridized carbons (Fsp3) is 0.250. The lowest BCUT2D eigenvalue weighted by atomic mass is 10.1. The van der Waals surface area contributed by atoms with Crippen LogP contribution in [0.5, 0.6) is 0 Å². The Labute approximate surface area is 98.0 Å². The van der Waals surface area contributed by atoms with E-state index in [2.05, 4.69) is 4.98 Å². The smallest absolute Gasteiger partial charge is 0.189 e. The van der Waals surface area contributed by atoms with Crippen LogP contribution in [-0.4, -0.2) is 12.1 Å². The number of H-pyrrole nitrogens is 1. The molecule has 3 nitrogen and oxygen atoms in total. The highest BCUT2D eigenvalue weighted by Gasteiger charge is 2.06. The lowest BCUT2D eigenvalue weighted by Gasteiger charge is -2.06. The molecule has 84 valence electrons. The van der Waals surface area contributed by atoms with Crippen molar-refractivity contribution in [2.75, 3.05) is 7.11 Å². The fourth-order valence-corrected chi connectivity index (χ4v) is 2.05. The number of hydrogen-bond donors (Lipinski definition) is 1. The number of fused-ring (bicyclic) bond motifs is 1. The van der Waals surface area contributed by atoms with Crippen molar-refractivity contribution in [3.63, 3.8) is 0 Å². The summed E-state index contributed by atoms with van der Waals surface area (Å²) in [5.41, 5.74) is 2.34. The van der Waals surface area contributed by atoms with E-state index in [0.29, 0.717) is 22.5 Å². The average Bonchev–Trinajstić information content (AvgIpc) is 2.20. The fourth-order valence-electron chi connectivity index (χ4n) is 1.73. The predicted octanol–water partition coefficient (Wildman–Crippen LogP) is 2.64. The normalized spacial score (nSPS) is 10.9. The number of aromatic amines is 1. The molecule has 1 heterocycles. The molecule has 0 atom stereocenters. The quantitative estimate of drug-likeness (QED) is 0.873. The highest BCUT2D eigenvalue weighted by Crippen LogP contribution is 2.21.